The molecule has 0 radical (unpaired) electrons. The molecule has 0 spiro atoms. The van der Waals surface area contributed by atoms with Crippen LogP contribution in [0.1, 0.15) is 43.4 Å². The molecule has 0 heterocycles. The van der Waals surface area contributed by atoms with Gasteiger partial charge in [0.2, 0.25) is 15.9 Å². The highest BCUT2D eigenvalue weighted by Crippen LogP contribution is 2.28. The fourth-order valence-corrected chi connectivity index (χ4v) is 5.12. The average molecular weight is 481 g/mol. The molecular weight excluding hydrogens is 448 g/mol. The minimum absolute atomic E-state index is 0.0148. The second-order valence-corrected chi connectivity index (χ2v) is 10.1. The Morgan fingerprint density at radius 1 is 0.971 bits per heavy atom. The molecule has 0 aromatic heterocycles. The first-order valence-electron chi connectivity index (χ1n) is 11.4. The van der Waals surface area contributed by atoms with Gasteiger partial charge in [0.15, 0.2) is 0 Å². The molecule has 34 heavy (non-hydrogen) atoms. The van der Waals surface area contributed by atoms with Gasteiger partial charge in [-0.25, -0.2) is 8.42 Å². The van der Waals surface area contributed by atoms with Crippen molar-refractivity contribution in [2.75, 3.05) is 12.4 Å². The summed E-state index contributed by atoms with van der Waals surface area (Å²) in [4.78, 5) is 13.4. The molecule has 1 amide bonds. The number of methoxy groups -OCH3 is 1. The van der Waals surface area contributed by atoms with Crippen LogP contribution in [0.4, 0.5) is 5.69 Å². The number of carbonyl (C=O) groups excluding carboxylic acids is 1. The van der Waals surface area contributed by atoms with Gasteiger partial charge < -0.3 is 10.1 Å². The van der Waals surface area contributed by atoms with Crippen molar-refractivity contribution in [1.82, 2.24) is 4.72 Å². The van der Waals surface area contributed by atoms with Crippen molar-refractivity contribution in [2.24, 2.45) is 0 Å². The van der Waals surface area contributed by atoms with Crippen LogP contribution in [0.25, 0.3) is 0 Å². The average Bonchev–Trinajstić information content (AvgIpc) is 2.84. The molecule has 0 saturated heterocycles. The first-order valence-corrected chi connectivity index (χ1v) is 12.9. The van der Waals surface area contributed by atoms with Gasteiger partial charge in [-0.15, -0.1) is 0 Å². The van der Waals surface area contributed by atoms with Crippen LogP contribution in [0, 0.1) is 0 Å². The number of aryl methyl sites for hydroxylation is 1. The van der Waals surface area contributed by atoms with Crippen molar-refractivity contribution >= 4 is 21.6 Å². The number of hydrogen-bond donors (Lipinski definition) is 2. The molecular formula is C27H32N2O4S. The molecule has 0 aliphatic heterocycles. The SMILES string of the molecule is CCc1ccccc1NC(=O)C(Cc1ccccc1)NS(=O)(=O)c1cc(C(C)C)ccc1OC. The smallest absolute Gasteiger partial charge is 0.245 e. The first-order chi connectivity index (χ1) is 16.2. The summed E-state index contributed by atoms with van der Waals surface area (Å²) in [6.45, 7) is 5.98. The van der Waals surface area contributed by atoms with Gasteiger partial charge in [-0.2, -0.15) is 4.72 Å². The highest BCUT2D eigenvalue weighted by Gasteiger charge is 2.29. The van der Waals surface area contributed by atoms with E-state index in [2.05, 4.69) is 10.0 Å². The third-order valence-electron chi connectivity index (χ3n) is 5.70. The summed E-state index contributed by atoms with van der Waals surface area (Å²) < 4.78 is 35.0. The van der Waals surface area contributed by atoms with Gasteiger partial charge in [0.1, 0.15) is 16.7 Å². The lowest BCUT2D eigenvalue weighted by atomic mass is 10.0. The molecule has 0 saturated carbocycles. The number of benzene rings is 3. The van der Waals surface area contributed by atoms with E-state index in [1.165, 1.54) is 7.11 Å². The highest BCUT2D eigenvalue weighted by atomic mass is 32.2. The van der Waals surface area contributed by atoms with Crippen LogP contribution in [-0.4, -0.2) is 27.5 Å². The van der Waals surface area contributed by atoms with Crippen LogP contribution in [0.2, 0.25) is 0 Å². The third kappa shape index (κ3) is 6.24. The molecule has 2 N–H and O–H groups in total. The molecule has 6 nitrogen and oxygen atoms in total. The molecule has 1 unspecified atom stereocenters. The number of ether oxygens (including phenoxy) is 1. The minimum Gasteiger partial charge on any atom is -0.495 e. The molecule has 180 valence electrons. The number of rotatable bonds is 10. The van der Waals surface area contributed by atoms with E-state index >= 15 is 0 Å². The lowest BCUT2D eigenvalue weighted by molar-refractivity contribution is -0.117. The van der Waals surface area contributed by atoms with Crippen molar-refractivity contribution in [3.63, 3.8) is 0 Å². The number of para-hydroxylation sites is 1. The van der Waals surface area contributed by atoms with Gasteiger partial charge in [0, 0.05) is 5.69 Å². The van der Waals surface area contributed by atoms with Crippen LogP contribution in [0.3, 0.4) is 0 Å². The Hall–Kier alpha value is -3.16. The molecule has 3 aromatic carbocycles. The van der Waals surface area contributed by atoms with Crippen molar-refractivity contribution in [3.8, 4) is 5.75 Å². The fraction of sp³-hybridized carbons (Fsp3) is 0.296. The zero-order valence-corrected chi connectivity index (χ0v) is 20.9. The quantitative estimate of drug-likeness (QED) is 0.432. The van der Waals surface area contributed by atoms with Crippen molar-refractivity contribution in [2.45, 2.75) is 50.5 Å². The first kappa shape index (κ1) is 25.5. The van der Waals surface area contributed by atoms with Crippen molar-refractivity contribution < 1.29 is 17.9 Å². The van der Waals surface area contributed by atoms with E-state index in [9.17, 15) is 13.2 Å². The van der Waals surface area contributed by atoms with Crippen LogP contribution >= 0.6 is 0 Å². The Morgan fingerprint density at radius 3 is 2.29 bits per heavy atom. The van der Waals surface area contributed by atoms with Gasteiger partial charge in [-0.3, -0.25) is 4.79 Å². The maximum Gasteiger partial charge on any atom is 0.245 e. The Bertz CT molecular complexity index is 1220. The number of sulfonamides is 1. The minimum atomic E-state index is -4.07. The Morgan fingerprint density at radius 2 is 1.65 bits per heavy atom. The lowest BCUT2D eigenvalue weighted by Crippen LogP contribution is -2.45. The number of hydrogen-bond acceptors (Lipinski definition) is 4. The van der Waals surface area contributed by atoms with Crippen LogP contribution in [0.15, 0.2) is 77.7 Å². The second-order valence-electron chi connectivity index (χ2n) is 8.43. The van der Waals surface area contributed by atoms with Crippen LogP contribution in [-0.2, 0) is 27.7 Å². The van der Waals surface area contributed by atoms with Crippen molar-refractivity contribution in [1.29, 1.82) is 0 Å². The van der Waals surface area contributed by atoms with E-state index in [4.69, 9.17) is 4.74 Å². The molecule has 0 aliphatic rings. The molecule has 0 aliphatic carbocycles. The van der Waals surface area contributed by atoms with Gasteiger partial charge in [-0.1, -0.05) is 75.4 Å². The monoisotopic (exact) mass is 480 g/mol. The Kier molecular flexibility index (Phi) is 8.47. The van der Waals surface area contributed by atoms with Gasteiger partial charge in [0.05, 0.1) is 7.11 Å². The van der Waals surface area contributed by atoms with Crippen molar-refractivity contribution in [3.05, 3.63) is 89.5 Å². The molecule has 3 aromatic rings. The summed E-state index contributed by atoms with van der Waals surface area (Å²) >= 11 is 0. The lowest BCUT2D eigenvalue weighted by Gasteiger charge is -2.21. The van der Waals surface area contributed by atoms with E-state index in [1.54, 1.807) is 12.1 Å². The highest BCUT2D eigenvalue weighted by molar-refractivity contribution is 7.89. The predicted octanol–water partition coefficient (Wildman–Crippen LogP) is 4.91. The summed E-state index contributed by atoms with van der Waals surface area (Å²) in [7, 11) is -2.64. The molecule has 1 atom stereocenters. The van der Waals surface area contributed by atoms with E-state index in [1.807, 2.05) is 81.4 Å². The molecule has 7 heteroatoms. The number of carbonyl (C=O) groups is 1. The maximum absolute atomic E-state index is 13.5. The fourth-order valence-electron chi connectivity index (χ4n) is 3.72. The number of anilines is 1. The topological polar surface area (TPSA) is 84.5 Å². The molecule has 3 rings (SSSR count). The second kappa shape index (κ2) is 11.3. The van der Waals surface area contributed by atoms with Crippen LogP contribution < -0.4 is 14.8 Å². The normalized spacial score (nSPS) is 12.4. The zero-order valence-electron chi connectivity index (χ0n) is 20.0. The summed E-state index contributed by atoms with van der Waals surface area (Å²) in [6, 6.07) is 20.9. The van der Waals surface area contributed by atoms with E-state index in [-0.39, 0.29) is 23.0 Å². The number of nitrogens with one attached hydrogen (secondary N) is 2. The van der Waals surface area contributed by atoms with Gasteiger partial charge in [0.25, 0.3) is 0 Å². The third-order valence-corrected chi connectivity index (χ3v) is 7.19. The van der Waals surface area contributed by atoms with E-state index < -0.39 is 22.0 Å². The predicted molar refractivity (Wildman–Crippen MR) is 136 cm³/mol. The van der Waals surface area contributed by atoms with Gasteiger partial charge >= 0.3 is 0 Å². The summed E-state index contributed by atoms with van der Waals surface area (Å²) in [5.41, 5.74) is 3.36. The summed E-state index contributed by atoms with van der Waals surface area (Å²) in [5, 5.41) is 2.92. The summed E-state index contributed by atoms with van der Waals surface area (Å²) in [6.07, 6.45) is 0.942. The van der Waals surface area contributed by atoms with E-state index in [0.29, 0.717) is 5.69 Å². The Balaban J connectivity index is 1.96. The summed E-state index contributed by atoms with van der Waals surface area (Å²) in [5.74, 6) is -0.0618. The molecule has 0 fully saturated rings. The standard InChI is InChI=1S/C27H32N2O4S/c1-5-21-13-9-10-14-23(21)28-27(30)24(17-20-11-7-6-8-12-20)29-34(31,32)26-18-22(19(2)3)15-16-25(26)33-4/h6-16,18-19,24,29H,5,17H2,1-4H3,(H,28,30). The maximum atomic E-state index is 13.5. The zero-order chi connectivity index (χ0) is 24.7. The van der Waals surface area contributed by atoms with Crippen LogP contribution in [0.5, 0.6) is 5.75 Å². The van der Waals surface area contributed by atoms with Gasteiger partial charge in [-0.05, 0) is 53.6 Å². The van der Waals surface area contributed by atoms with E-state index in [0.717, 1.165) is 23.1 Å². The number of amides is 1. The largest absolute Gasteiger partial charge is 0.495 e. The Labute approximate surface area is 202 Å². The molecule has 0 bridgehead atoms.